The quantitative estimate of drug-likeness (QED) is 0.495. The molecule has 0 heterocycles. The molecule has 0 bridgehead atoms. The number of carboxylic acids is 1. The van der Waals surface area contributed by atoms with Gasteiger partial charge in [-0.2, -0.15) is 0 Å². The molecule has 3 atom stereocenters. The summed E-state index contributed by atoms with van der Waals surface area (Å²) in [6.07, 6.45) is -1.21. The lowest BCUT2D eigenvalue weighted by Crippen LogP contribution is -2.19. The van der Waals surface area contributed by atoms with Crippen LogP contribution in [0.3, 0.4) is 0 Å². The van der Waals surface area contributed by atoms with Crippen LogP contribution < -0.4 is 0 Å². The lowest BCUT2D eigenvalue weighted by atomic mass is 10.2. The maximum atomic E-state index is 11.5. The average Bonchev–Trinajstić information content (AvgIpc) is 2.01. The minimum atomic E-state index is -3.55. The van der Waals surface area contributed by atoms with Gasteiger partial charge < -0.3 is 14.7 Å². The molecular weight excluding hydrogens is 223 g/mol. The minimum absolute atomic E-state index is 0.200. The summed E-state index contributed by atoms with van der Waals surface area (Å²) in [4.78, 5) is 29.8. The van der Waals surface area contributed by atoms with E-state index in [1.807, 2.05) is 0 Å². The second-order valence-electron chi connectivity index (χ2n) is 3.49. The first-order valence-electron chi connectivity index (χ1n) is 4.41. The van der Waals surface area contributed by atoms with Gasteiger partial charge in [0.25, 0.3) is 6.47 Å². The van der Waals surface area contributed by atoms with Crippen LogP contribution in [0.5, 0.6) is 0 Å². The molecule has 0 fully saturated rings. The Morgan fingerprint density at radius 3 is 2.40 bits per heavy atom. The Hall–Kier alpha value is -0.870. The SMILES string of the molecule is CC(CP(=O)(O)CC(C)C(=O)O)OC=O. The summed E-state index contributed by atoms with van der Waals surface area (Å²) in [6.45, 7) is 3.03. The van der Waals surface area contributed by atoms with Crippen molar-refractivity contribution in [2.45, 2.75) is 20.0 Å². The lowest BCUT2D eigenvalue weighted by molar-refractivity contribution is -0.140. The molecule has 0 amide bonds. The van der Waals surface area contributed by atoms with Crippen LogP contribution in [0.15, 0.2) is 0 Å². The molecule has 0 saturated carbocycles. The van der Waals surface area contributed by atoms with Crippen LogP contribution in [0, 0.1) is 5.92 Å². The van der Waals surface area contributed by atoms with E-state index in [0.29, 0.717) is 0 Å². The van der Waals surface area contributed by atoms with Crippen LogP contribution in [-0.2, 0) is 18.9 Å². The van der Waals surface area contributed by atoms with Crippen molar-refractivity contribution in [3.8, 4) is 0 Å². The molecule has 0 rings (SSSR count). The highest BCUT2D eigenvalue weighted by molar-refractivity contribution is 7.58. The summed E-state index contributed by atoms with van der Waals surface area (Å²) < 4.78 is 16.0. The van der Waals surface area contributed by atoms with E-state index in [0.717, 1.165) is 0 Å². The van der Waals surface area contributed by atoms with E-state index in [9.17, 15) is 19.0 Å². The normalized spacial score (nSPS) is 18.6. The van der Waals surface area contributed by atoms with Crippen LogP contribution >= 0.6 is 7.37 Å². The first kappa shape index (κ1) is 14.1. The predicted octanol–water partition coefficient (Wildman–Crippen LogP) is 0.539. The Kier molecular flexibility index (Phi) is 5.54. The molecule has 6 nitrogen and oxygen atoms in total. The summed E-state index contributed by atoms with van der Waals surface area (Å²) in [5.74, 6) is -2.00. The highest BCUT2D eigenvalue weighted by atomic mass is 31.2. The molecule has 0 aromatic heterocycles. The topological polar surface area (TPSA) is 101 Å². The third-order valence-corrected chi connectivity index (χ3v) is 4.01. The number of carboxylic acid groups (broad SMARTS) is 1. The zero-order valence-corrected chi connectivity index (χ0v) is 9.52. The highest BCUT2D eigenvalue weighted by Gasteiger charge is 2.27. The van der Waals surface area contributed by atoms with Crippen molar-refractivity contribution in [3.05, 3.63) is 0 Å². The van der Waals surface area contributed by atoms with E-state index < -0.39 is 25.4 Å². The van der Waals surface area contributed by atoms with Crippen LogP contribution in [0.1, 0.15) is 13.8 Å². The summed E-state index contributed by atoms with van der Waals surface area (Å²) in [5.41, 5.74) is 0. The number of carbonyl (C=O) groups is 2. The molecule has 0 aliphatic heterocycles. The van der Waals surface area contributed by atoms with Crippen LogP contribution in [0.4, 0.5) is 0 Å². The van der Waals surface area contributed by atoms with Gasteiger partial charge in [0.1, 0.15) is 6.10 Å². The molecule has 7 heteroatoms. The van der Waals surface area contributed by atoms with E-state index in [-0.39, 0.29) is 18.8 Å². The highest BCUT2D eigenvalue weighted by Crippen LogP contribution is 2.43. The molecule has 0 radical (unpaired) electrons. The summed E-state index contributed by atoms with van der Waals surface area (Å²) in [7, 11) is -3.55. The summed E-state index contributed by atoms with van der Waals surface area (Å²) >= 11 is 0. The maximum absolute atomic E-state index is 11.5. The fourth-order valence-corrected chi connectivity index (χ4v) is 3.17. The molecule has 88 valence electrons. The number of ether oxygens (including phenoxy) is 1. The van der Waals surface area contributed by atoms with Crippen molar-refractivity contribution < 1.29 is 28.9 Å². The molecule has 0 aromatic rings. The summed E-state index contributed by atoms with van der Waals surface area (Å²) in [6, 6.07) is 0. The van der Waals surface area contributed by atoms with Crippen LogP contribution in [-0.4, -0.2) is 40.9 Å². The molecule has 0 aromatic carbocycles. The standard InChI is InChI=1S/C8H15O6P/c1-6(8(10)11)3-15(12,13)4-7(2)14-5-9/h5-7H,3-4H2,1-2H3,(H,10,11)(H,12,13). The molecule has 2 N–H and O–H groups in total. The van der Waals surface area contributed by atoms with E-state index >= 15 is 0 Å². The Morgan fingerprint density at radius 2 is 2.00 bits per heavy atom. The molecule has 3 unspecified atom stereocenters. The number of hydrogen-bond acceptors (Lipinski definition) is 4. The fourth-order valence-electron chi connectivity index (χ4n) is 1.12. The number of aliphatic carboxylic acids is 1. The zero-order valence-electron chi connectivity index (χ0n) is 8.62. The molecule has 0 aliphatic carbocycles. The van der Waals surface area contributed by atoms with Gasteiger partial charge in [-0.3, -0.25) is 14.2 Å². The number of carbonyl (C=O) groups excluding carboxylic acids is 1. The van der Waals surface area contributed by atoms with Crippen molar-refractivity contribution in [2.24, 2.45) is 5.92 Å². The average molecular weight is 238 g/mol. The third kappa shape index (κ3) is 6.25. The second-order valence-corrected chi connectivity index (χ2v) is 5.92. The van der Waals surface area contributed by atoms with Gasteiger partial charge in [-0.05, 0) is 6.92 Å². The maximum Gasteiger partial charge on any atom is 0.306 e. The monoisotopic (exact) mass is 238 g/mol. The molecule has 0 spiro atoms. The van der Waals surface area contributed by atoms with Gasteiger partial charge in [0.2, 0.25) is 7.37 Å². The first-order valence-corrected chi connectivity index (χ1v) is 6.44. The Morgan fingerprint density at radius 1 is 1.47 bits per heavy atom. The second kappa shape index (κ2) is 5.88. The van der Waals surface area contributed by atoms with Crippen LogP contribution in [0.2, 0.25) is 0 Å². The molecule has 0 saturated heterocycles. The molecule has 15 heavy (non-hydrogen) atoms. The van der Waals surface area contributed by atoms with E-state index in [1.54, 1.807) is 0 Å². The molecular formula is C8H15O6P. The van der Waals surface area contributed by atoms with Crippen molar-refractivity contribution in [1.82, 2.24) is 0 Å². The van der Waals surface area contributed by atoms with Gasteiger partial charge in [-0.1, -0.05) is 6.92 Å². The first-order chi connectivity index (χ1) is 6.78. The van der Waals surface area contributed by atoms with Gasteiger partial charge in [0, 0.05) is 6.16 Å². The largest absolute Gasteiger partial charge is 0.481 e. The van der Waals surface area contributed by atoms with Gasteiger partial charge >= 0.3 is 5.97 Å². The smallest absolute Gasteiger partial charge is 0.306 e. The van der Waals surface area contributed by atoms with E-state index in [2.05, 4.69) is 4.74 Å². The van der Waals surface area contributed by atoms with Crippen molar-refractivity contribution in [1.29, 1.82) is 0 Å². The Labute approximate surface area is 87.7 Å². The van der Waals surface area contributed by atoms with E-state index in [1.165, 1.54) is 13.8 Å². The van der Waals surface area contributed by atoms with Crippen molar-refractivity contribution >= 4 is 19.8 Å². The van der Waals surface area contributed by atoms with Crippen LogP contribution in [0.25, 0.3) is 0 Å². The zero-order chi connectivity index (χ0) is 12.1. The predicted molar refractivity (Wildman–Crippen MR) is 53.0 cm³/mol. The third-order valence-electron chi connectivity index (χ3n) is 1.81. The summed E-state index contributed by atoms with van der Waals surface area (Å²) in [5, 5.41) is 8.56. The van der Waals surface area contributed by atoms with Crippen molar-refractivity contribution in [2.75, 3.05) is 12.3 Å². The molecule has 0 aliphatic rings. The minimum Gasteiger partial charge on any atom is -0.481 e. The van der Waals surface area contributed by atoms with Crippen molar-refractivity contribution in [3.63, 3.8) is 0 Å². The number of rotatable bonds is 7. The van der Waals surface area contributed by atoms with Gasteiger partial charge in [0.05, 0.1) is 12.1 Å². The Bertz CT molecular complexity index is 276. The Balaban J connectivity index is 4.24. The van der Waals surface area contributed by atoms with Gasteiger partial charge in [-0.15, -0.1) is 0 Å². The van der Waals surface area contributed by atoms with E-state index in [4.69, 9.17) is 5.11 Å². The van der Waals surface area contributed by atoms with Gasteiger partial charge in [0.15, 0.2) is 0 Å². The number of hydrogen-bond donors (Lipinski definition) is 2. The fraction of sp³-hybridized carbons (Fsp3) is 0.750. The van der Waals surface area contributed by atoms with Gasteiger partial charge in [-0.25, -0.2) is 0 Å². The lowest BCUT2D eigenvalue weighted by Gasteiger charge is -2.17.